The third kappa shape index (κ3) is 3.38. The third-order valence-electron chi connectivity index (χ3n) is 3.28. The number of aromatic nitrogens is 3. The lowest BCUT2D eigenvalue weighted by Crippen LogP contribution is -2.43. The monoisotopic (exact) mass is 287 g/mol. The molecule has 0 unspecified atom stereocenters. The quantitative estimate of drug-likeness (QED) is 0.743. The van der Waals surface area contributed by atoms with E-state index in [-0.39, 0.29) is 5.91 Å². The number of benzene rings is 1. The Kier molecular flexibility index (Phi) is 4.11. The summed E-state index contributed by atoms with van der Waals surface area (Å²) in [4.78, 5) is 11.9. The summed E-state index contributed by atoms with van der Waals surface area (Å²) >= 11 is 0. The van der Waals surface area contributed by atoms with E-state index in [1.807, 2.05) is 30.3 Å². The van der Waals surface area contributed by atoms with Crippen LogP contribution in [0.25, 0.3) is 0 Å². The van der Waals surface area contributed by atoms with Gasteiger partial charge in [0.2, 0.25) is 0 Å². The molecule has 0 atom stereocenters. The first-order valence-electron chi connectivity index (χ1n) is 6.91. The van der Waals surface area contributed by atoms with Gasteiger partial charge in [0.05, 0.1) is 18.8 Å². The lowest BCUT2D eigenvalue weighted by Gasteiger charge is -2.26. The fourth-order valence-corrected chi connectivity index (χ4v) is 1.96. The molecule has 2 aromatic rings. The summed E-state index contributed by atoms with van der Waals surface area (Å²) in [5.74, 6) is 0.556. The van der Waals surface area contributed by atoms with E-state index in [2.05, 4.69) is 20.9 Å². The van der Waals surface area contributed by atoms with Crippen LogP contribution in [-0.4, -0.2) is 47.1 Å². The van der Waals surface area contributed by atoms with Crippen molar-refractivity contribution in [3.8, 4) is 5.75 Å². The van der Waals surface area contributed by atoms with Gasteiger partial charge in [0.1, 0.15) is 12.4 Å². The van der Waals surface area contributed by atoms with E-state index in [1.165, 1.54) is 0 Å². The number of nitrogens with zero attached hydrogens (tertiary/aromatic N) is 3. The topological polar surface area (TPSA) is 81.1 Å². The Hall–Kier alpha value is -2.41. The molecule has 1 aromatic heterocycles. The molecule has 1 aromatic carbocycles. The lowest BCUT2D eigenvalue weighted by atomic mass is 10.2. The fraction of sp³-hybridized carbons (Fsp3) is 0.357. The molecule has 2 N–H and O–H groups in total. The number of hydrogen-bond donors (Lipinski definition) is 2. The molecule has 7 heteroatoms. The molecule has 1 aliphatic rings. The van der Waals surface area contributed by atoms with Crippen molar-refractivity contribution >= 4 is 5.91 Å². The van der Waals surface area contributed by atoms with Crippen LogP contribution in [0.2, 0.25) is 0 Å². The van der Waals surface area contributed by atoms with Gasteiger partial charge in [0.15, 0.2) is 5.69 Å². The molecule has 2 heterocycles. The summed E-state index contributed by atoms with van der Waals surface area (Å²) in [6.45, 7) is 2.58. The van der Waals surface area contributed by atoms with Gasteiger partial charge in [-0.3, -0.25) is 4.79 Å². The van der Waals surface area contributed by atoms with Crippen molar-refractivity contribution in [2.45, 2.75) is 6.04 Å². The summed E-state index contributed by atoms with van der Waals surface area (Å²) in [5, 5.41) is 13.8. The van der Waals surface area contributed by atoms with Crippen LogP contribution in [0.4, 0.5) is 0 Å². The number of ether oxygens (including phenoxy) is 1. The van der Waals surface area contributed by atoms with E-state index >= 15 is 0 Å². The third-order valence-corrected chi connectivity index (χ3v) is 3.28. The first-order chi connectivity index (χ1) is 10.3. The second-order valence-electron chi connectivity index (χ2n) is 4.81. The van der Waals surface area contributed by atoms with E-state index in [0.717, 1.165) is 18.8 Å². The highest BCUT2D eigenvalue weighted by Crippen LogP contribution is 2.10. The van der Waals surface area contributed by atoms with Gasteiger partial charge in [0.25, 0.3) is 5.91 Å². The van der Waals surface area contributed by atoms with E-state index in [4.69, 9.17) is 4.74 Å². The number of carbonyl (C=O) groups is 1. The van der Waals surface area contributed by atoms with Crippen molar-refractivity contribution in [2.75, 3.05) is 26.2 Å². The molecule has 1 amide bonds. The number of rotatable bonds is 6. The summed E-state index contributed by atoms with van der Waals surface area (Å²) in [6.07, 6.45) is 1.68. The number of para-hydroxylation sites is 1. The highest BCUT2D eigenvalue weighted by Gasteiger charge is 2.21. The molecule has 0 saturated carbocycles. The predicted octanol–water partition coefficient (Wildman–Crippen LogP) is 0.231. The molecule has 1 saturated heterocycles. The van der Waals surface area contributed by atoms with Gasteiger partial charge in [-0.2, -0.15) is 0 Å². The Bertz CT molecular complexity index is 594. The van der Waals surface area contributed by atoms with Crippen molar-refractivity contribution in [3.63, 3.8) is 0 Å². The number of carbonyl (C=O) groups excluding carboxylic acids is 1. The van der Waals surface area contributed by atoms with Gasteiger partial charge in [-0.1, -0.05) is 23.4 Å². The minimum atomic E-state index is -0.231. The maximum absolute atomic E-state index is 11.9. The SMILES string of the molecule is O=C(NCCOc1ccccc1)c1cn(C2CNC2)nn1. The molecule has 7 nitrogen and oxygen atoms in total. The minimum Gasteiger partial charge on any atom is -0.492 e. The maximum Gasteiger partial charge on any atom is 0.273 e. The molecular formula is C14H17N5O2. The van der Waals surface area contributed by atoms with E-state index in [1.54, 1.807) is 10.9 Å². The highest BCUT2D eigenvalue weighted by atomic mass is 16.5. The summed E-state index contributed by atoms with van der Waals surface area (Å²) in [5.41, 5.74) is 0.335. The van der Waals surface area contributed by atoms with Crippen molar-refractivity contribution in [3.05, 3.63) is 42.2 Å². The zero-order valence-corrected chi connectivity index (χ0v) is 11.5. The van der Waals surface area contributed by atoms with Gasteiger partial charge < -0.3 is 15.4 Å². The maximum atomic E-state index is 11.9. The number of amides is 1. The van der Waals surface area contributed by atoms with E-state index < -0.39 is 0 Å². The summed E-state index contributed by atoms with van der Waals surface area (Å²) < 4.78 is 7.23. The minimum absolute atomic E-state index is 0.231. The van der Waals surface area contributed by atoms with Crippen LogP contribution < -0.4 is 15.4 Å². The Balaban J connectivity index is 1.42. The zero-order valence-electron chi connectivity index (χ0n) is 11.5. The highest BCUT2D eigenvalue weighted by molar-refractivity contribution is 5.91. The zero-order chi connectivity index (χ0) is 14.5. The van der Waals surface area contributed by atoms with Gasteiger partial charge in [0, 0.05) is 13.1 Å². The first kappa shape index (κ1) is 13.6. The van der Waals surface area contributed by atoms with Crippen LogP contribution in [-0.2, 0) is 0 Å². The normalized spacial score (nSPS) is 14.5. The average Bonchev–Trinajstić information content (AvgIpc) is 2.92. The largest absolute Gasteiger partial charge is 0.492 e. The molecule has 1 aliphatic heterocycles. The van der Waals surface area contributed by atoms with Crippen LogP contribution >= 0.6 is 0 Å². The van der Waals surface area contributed by atoms with Crippen LogP contribution in [0.5, 0.6) is 5.75 Å². The number of nitrogens with one attached hydrogen (secondary N) is 2. The van der Waals surface area contributed by atoms with Crippen molar-refractivity contribution in [1.82, 2.24) is 25.6 Å². The molecular weight excluding hydrogens is 270 g/mol. The van der Waals surface area contributed by atoms with Gasteiger partial charge in [-0.05, 0) is 12.1 Å². The van der Waals surface area contributed by atoms with Crippen LogP contribution in [0.1, 0.15) is 16.5 Å². The van der Waals surface area contributed by atoms with Gasteiger partial charge in [-0.15, -0.1) is 5.10 Å². The Morgan fingerprint density at radius 2 is 2.19 bits per heavy atom. The van der Waals surface area contributed by atoms with E-state index in [0.29, 0.717) is 24.9 Å². The Morgan fingerprint density at radius 3 is 2.90 bits per heavy atom. The van der Waals surface area contributed by atoms with Gasteiger partial charge >= 0.3 is 0 Å². The fourth-order valence-electron chi connectivity index (χ4n) is 1.96. The molecule has 0 aliphatic carbocycles. The molecule has 1 fully saturated rings. The molecule has 0 spiro atoms. The molecule has 0 radical (unpaired) electrons. The lowest BCUT2D eigenvalue weighted by molar-refractivity contribution is 0.0942. The smallest absolute Gasteiger partial charge is 0.273 e. The number of hydrogen-bond acceptors (Lipinski definition) is 5. The molecule has 0 bridgehead atoms. The van der Waals surface area contributed by atoms with Gasteiger partial charge in [-0.25, -0.2) is 4.68 Å². The Labute approximate surface area is 122 Å². The predicted molar refractivity (Wildman–Crippen MR) is 76.2 cm³/mol. The second kappa shape index (κ2) is 6.36. The van der Waals surface area contributed by atoms with Crippen LogP contribution in [0.3, 0.4) is 0 Å². The molecule has 21 heavy (non-hydrogen) atoms. The average molecular weight is 287 g/mol. The summed E-state index contributed by atoms with van der Waals surface area (Å²) in [6, 6.07) is 9.79. The van der Waals surface area contributed by atoms with Crippen molar-refractivity contribution in [2.24, 2.45) is 0 Å². The van der Waals surface area contributed by atoms with E-state index in [9.17, 15) is 4.79 Å². The molecule has 3 rings (SSSR count). The second-order valence-corrected chi connectivity index (χ2v) is 4.81. The van der Waals surface area contributed by atoms with Crippen molar-refractivity contribution in [1.29, 1.82) is 0 Å². The first-order valence-corrected chi connectivity index (χ1v) is 6.91. The van der Waals surface area contributed by atoms with Crippen LogP contribution in [0, 0.1) is 0 Å². The standard InChI is InChI=1S/C14H17N5O2/c20-14(13-10-19(18-17-13)11-8-15-9-11)16-6-7-21-12-4-2-1-3-5-12/h1-5,10-11,15H,6-9H2,(H,16,20). The molecule has 110 valence electrons. The van der Waals surface area contributed by atoms with Crippen molar-refractivity contribution < 1.29 is 9.53 Å². The van der Waals surface area contributed by atoms with Crippen LogP contribution in [0.15, 0.2) is 36.5 Å². The summed E-state index contributed by atoms with van der Waals surface area (Å²) in [7, 11) is 0. The Morgan fingerprint density at radius 1 is 1.38 bits per heavy atom.